The van der Waals surface area contributed by atoms with Gasteiger partial charge < -0.3 is 14.5 Å². The summed E-state index contributed by atoms with van der Waals surface area (Å²) < 4.78 is 11.9. The van der Waals surface area contributed by atoms with Crippen LogP contribution in [0.1, 0.15) is 39.2 Å². The second-order valence-corrected chi connectivity index (χ2v) is 6.66. The third kappa shape index (κ3) is 4.06. The normalized spacial score (nSPS) is 22.6. The second-order valence-electron chi connectivity index (χ2n) is 6.66. The molecule has 0 aliphatic carbocycles. The highest BCUT2D eigenvalue weighted by Crippen LogP contribution is 2.29. The van der Waals surface area contributed by atoms with Crippen LogP contribution < -0.4 is 5.32 Å². The summed E-state index contributed by atoms with van der Waals surface area (Å²) in [5.74, 6) is 2.02. The van der Waals surface area contributed by atoms with Crippen LogP contribution in [0.2, 0.25) is 0 Å². The van der Waals surface area contributed by atoms with Gasteiger partial charge in [-0.15, -0.1) is 0 Å². The molecular weight excluding hydrogens is 240 g/mol. The van der Waals surface area contributed by atoms with Crippen LogP contribution in [0.4, 0.5) is 0 Å². The van der Waals surface area contributed by atoms with Crippen LogP contribution in [0.5, 0.6) is 0 Å². The average molecular weight is 266 g/mol. The summed E-state index contributed by atoms with van der Waals surface area (Å²) >= 11 is 0. The number of rotatable bonds is 4. The van der Waals surface area contributed by atoms with Crippen LogP contribution in [0.25, 0.3) is 0 Å². The third-order valence-corrected chi connectivity index (χ3v) is 3.21. The minimum absolute atomic E-state index is 0.109. The van der Waals surface area contributed by atoms with E-state index in [1.165, 1.54) is 0 Å². The summed E-state index contributed by atoms with van der Waals surface area (Å²) in [7, 11) is 1.93. The van der Waals surface area contributed by atoms with Crippen molar-refractivity contribution < 1.29 is 9.15 Å². The molecule has 4 nitrogen and oxygen atoms in total. The molecule has 1 aliphatic rings. The first-order valence-electron chi connectivity index (χ1n) is 6.94. The minimum atomic E-state index is -0.109. The number of ether oxygens (including phenoxy) is 1. The Bertz CT molecular complexity index is 408. The van der Waals surface area contributed by atoms with E-state index in [-0.39, 0.29) is 11.2 Å². The van der Waals surface area contributed by atoms with Crippen LogP contribution in [0.15, 0.2) is 16.5 Å². The van der Waals surface area contributed by atoms with E-state index in [4.69, 9.17) is 9.15 Å². The molecule has 1 saturated heterocycles. The fourth-order valence-corrected chi connectivity index (χ4v) is 3.05. The van der Waals surface area contributed by atoms with Crippen LogP contribution >= 0.6 is 0 Å². The van der Waals surface area contributed by atoms with E-state index in [2.05, 4.69) is 44.0 Å². The van der Waals surface area contributed by atoms with Crippen LogP contribution in [-0.4, -0.2) is 36.2 Å². The standard InChI is InChI=1S/C15H26N2O2/c1-14(2)10-17(11-15(3,4)19-14)9-13-7-6-12(18-13)8-16-5/h6-7,16H,8-11H2,1-5H3. The van der Waals surface area contributed by atoms with Crippen molar-refractivity contribution in [3.8, 4) is 0 Å². The molecule has 1 aromatic rings. The molecule has 0 spiro atoms. The fraction of sp³-hybridized carbons (Fsp3) is 0.733. The molecule has 2 heterocycles. The molecule has 0 radical (unpaired) electrons. The molecule has 1 N–H and O–H groups in total. The Hall–Kier alpha value is -0.840. The minimum Gasteiger partial charge on any atom is -0.463 e. The number of nitrogens with one attached hydrogen (secondary N) is 1. The lowest BCUT2D eigenvalue weighted by atomic mass is 9.99. The SMILES string of the molecule is CNCc1ccc(CN2CC(C)(C)OC(C)(C)C2)o1. The van der Waals surface area contributed by atoms with E-state index in [9.17, 15) is 0 Å². The lowest BCUT2D eigenvalue weighted by Gasteiger charge is -2.47. The maximum absolute atomic E-state index is 6.09. The van der Waals surface area contributed by atoms with Gasteiger partial charge in [-0.05, 0) is 46.9 Å². The lowest BCUT2D eigenvalue weighted by Crippen LogP contribution is -2.56. The molecule has 0 aromatic carbocycles. The van der Waals surface area contributed by atoms with Gasteiger partial charge in [0.2, 0.25) is 0 Å². The Balaban J connectivity index is 2.01. The van der Waals surface area contributed by atoms with E-state index in [1.807, 2.05) is 13.1 Å². The monoisotopic (exact) mass is 266 g/mol. The summed E-state index contributed by atoms with van der Waals surface area (Å²) in [6.45, 7) is 12.1. The first kappa shape index (κ1) is 14.6. The van der Waals surface area contributed by atoms with Gasteiger partial charge in [-0.3, -0.25) is 4.90 Å². The molecule has 0 saturated carbocycles. The van der Waals surface area contributed by atoms with E-state index >= 15 is 0 Å². The smallest absolute Gasteiger partial charge is 0.118 e. The van der Waals surface area contributed by atoms with Gasteiger partial charge in [0.15, 0.2) is 0 Å². The van der Waals surface area contributed by atoms with Gasteiger partial charge in [0.25, 0.3) is 0 Å². The van der Waals surface area contributed by atoms with Gasteiger partial charge in [0.05, 0.1) is 24.3 Å². The third-order valence-electron chi connectivity index (χ3n) is 3.21. The van der Waals surface area contributed by atoms with Crippen molar-refractivity contribution in [2.45, 2.75) is 52.0 Å². The summed E-state index contributed by atoms with van der Waals surface area (Å²) in [5, 5.41) is 3.10. The molecule has 2 rings (SSSR count). The first-order valence-corrected chi connectivity index (χ1v) is 6.94. The van der Waals surface area contributed by atoms with Gasteiger partial charge >= 0.3 is 0 Å². The lowest BCUT2D eigenvalue weighted by molar-refractivity contribution is -0.182. The summed E-state index contributed by atoms with van der Waals surface area (Å²) in [6, 6.07) is 4.12. The number of morpholine rings is 1. The number of furan rings is 1. The molecule has 1 aromatic heterocycles. The topological polar surface area (TPSA) is 37.6 Å². The second kappa shape index (κ2) is 5.27. The van der Waals surface area contributed by atoms with Crippen LogP contribution in [-0.2, 0) is 17.8 Å². The predicted octanol–water partition coefficient (Wildman–Crippen LogP) is 2.39. The van der Waals surface area contributed by atoms with Crippen LogP contribution in [0.3, 0.4) is 0 Å². The van der Waals surface area contributed by atoms with Crippen LogP contribution in [0, 0.1) is 0 Å². The number of nitrogens with zero attached hydrogens (tertiary/aromatic N) is 1. The summed E-state index contributed by atoms with van der Waals surface area (Å²) in [5.41, 5.74) is -0.218. The first-order chi connectivity index (χ1) is 8.80. The largest absolute Gasteiger partial charge is 0.463 e. The molecule has 19 heavy (non-hydrogen) atoms. The van der Waals surface area contributed by atoms with Gasteiger partial charge in [-0.2, -0.15) is 0 Å². The molecule has 0 amide bonds. The fourth-order valence-electron chi connectivity index (χ4n) is 3.05. The Morgan fingerprint density at radius 2 is 1.68 bits per heavy atom. The van der Waals surface area contributed by atoms with E-state index in [0.717, 1.165) is 37.7 Å². The zero-order valence-corrected chi connectivity index (χ0v) is 12.7. The molecule has 0 bridgehead atoms. The van der Waals surface area contributed by atoms with Gasteiger partial charge in [0, 0.05) is 13.1 Å². The predicted molar refractivity (Wildman–Crippen MR) is 76.0 cm³/mol. The Labute approximate surface area is 116 Å². The molecule has 4 heteroatoms. The van der Waals surface area contributed by atoms with Gasteiger partial charge in [0.1, 0.15) is 11.5 Å². The van der Waals surface area contributed by atoms with Crippen molar-refractivity contribution in [2.75, 3.05) is 20.1 Å². The Kier molecular flexibility index (Phi) is 4.04. The van der Waals surface area contributed by atoms with Crippen molar-refractivity contribution in [2.24, 2.45) is 0 Å². The molecule has 0 unspecified atom stereocenters. The summed E-state index contributed by atoms with van der Waals surface area (Å²) in [4.78, 5) is 2.41. The number of hydrogen-bond donors (Lipinski definition) is 1. The molecule has 108 valence electrons. The maximum atomic E-state index is 6.09. The zero-order chi connectivity index (χ0) is 14.1. The maximum Gasteiger partial charge on any atom is 0.118 e. The highest BCUT2D eigenvalue weighted by atomic mass is 16.5. The van der Waals surface area contributed by atoms with Gasteiger partial charge in [-0.25, -0.2) is 0 Å². The molecular formula is C15H26N2O2. The zero-order valence-electron chi connectivity index (χ0n) is 12.7. The molecule has 1 aliphatic heterocycles. The highest BCUT2D eigenvalue weighted by Gasteiger charge is 2.38. The van der Waals surface area contributed by atoms with E-state index in [1.54, 1.807) is 0 Å². The Morgan fingerprint density at radius 1 is 1.11 bits per heavy atom. The highest BCUT2D eigenvalue weighted by molar-refractivity contribution is 5.07. The number of hydrogen-bond acceptors (Lipinski definition) is 4. The van der Waals surface area contributed by atoms with Gasteiger partial charge in [-0.1, -0.05) is 0 Å². The van der Waals surface area contributed by atoms with E-state index in [0.29, 0.717) is 0 Å². The van der Waals surface area contributed by atoms with Crippen molar-refractivity contribution >= 4 is 0 Å². The average Bonchev–Trinajstić information content (AvgIpc) is 2.60. The van der Waals surface area contributed by atoms with Crippen molar-refractivity contribution in [3.05, 3.63) is 23.7 Å². The van der Waals surface area contributed by atoms with Crippen molar-refractivity contribution in [1.82, 2.24) is 10.2 Å². The summed E-state index contributed by atoms with van der Waals surface area (Å²) in [6.07, 6.45) is 0. The van der Waals surface area contributed by atoms with Crippen molar-refractivity contribution in [1.29, 1.82) is 0 Å². The molecule has 1 fully saturated rings. The quantitative estimate of drug-likeness (QED) is 0.908. The Morgan fingerprint density at radius 3 is 2.26 bits per heavy atom. The van der Waals surface area contributed by atoms with E-state index < -0.39 is 0 Å². The van der Waals surface area contributed by atoms with Crippen molar-refractivity contribution in [3.63, 3.8) is 0 Å². The molecule has 0 atom stereocenters.